The zero-order valence-corrected chi connectivity index (χ0v) is 11.9. The molecule has 1 nitrogen and oxygen atoms in total. The summed E-state index contributed by atoms with van der Waals surface area (Å²) in [5.41, 5.74) is 2.00. The Morgan fingerprint density at radius 1 is 1.05 bits per heavy atom. The molecule has 2 aromatic carbocycles. The van der Waals surface area contributed by atoms with Gasteiger partial charge in [0.2, 0.25) is 0 Å². The number of halogens is 2. The van der Waals surface area contributed by atoms with Gasteiger partial charge in [0.15, 0.2) is 0 Å². The van der Waals surface area contributed by atoms with E-state index in [1.54, 1.807) is 12.1 Å². The number of hydrogen-bond acceptors (Lipinski definition) is 1. The maximum absolute atomic E-state index is 14.1. The maximum atomic E-state index is 14.1. The third kappa shape index (κ3) is 2.72. The van der Waals surface area contributed by atoms with Crippen molar-refractivity contribution in [3.05, 3.63) is 70.5 Å². The van der Waals surface area contributed by atoms with Crippen LogP contribution in [0.3, 0.4) is 0 Å². The molecule has 20 heavy (non-hydrogen) atoms. The summed E-state index contributed by atoms with van der Waals surface area (Å²) in [6.45, 7) is 1.79. The lowest BCUT2D eigenvalue weighted by Crippen LogP contribution is -2.34. The van der Waals surface area contributed by atoms with Crippen molar-refractivity contribution in [1.82, 2.24) is 5.32 Å². The molecule has 0 saturated carbocycles. The van der Waals surface area contributed by atoms with E-state index < -0.39 is 0 Å². The first-order chi connectivity index (χ1) is 9.75. The Labute approximate surface area is 123 Å². The summed E-state index contributed by atoms with van der Waals surface area (Å²) in [5.74, 6) is 0.363. The van der Waals surface area contributed by atoms with Gasteiger partial charge < -0.3 is 5.32 Å². The highest BCUT2D eigenvalue weighted by atomic mass is 35.5. The molecule has 1 aliphatic heterocycles. The maximum Gasteiger partial charge on any atom is 0.126 e. The Bertz CT molecular complexity index is 599. The molecule has 2 aromatic rings. The van der Waals surface area contributed by atoms with Crippen LogP contribution in [-0.2, 0) is 0 Å². The largest absolute Gasteiger partial charge is 0.316 e. The van der Waals surface area contributed by atoms with Crippen molar-refractivity contribution in [2.24, 2.45) is 0 Å². The van der Waals surface area contributed by atoms with E-state index in [0.717, 1.165) is 30.1 Å². The van der Waals surface area contributed by atoms with Crippen molar-refractivity contribution in [2.75, 3.05) is 13.1 Å². The van der Waals surface area contributed by atoms with Gasteiger partial charge >= 0.3 is 0 Å². The van der Waals surface area contributed by atoms with Crippen LogP contribution in [0, 0.1) is 5.82 Å². The van der Waals surface area contributed by atoms with Gasteiger partial charge in [-0.05, 0) is 48.2 Å². The Balaban J connectivity index is 1.98. The molecule has 0 aromatic heterocycles. The number of hydrogen-bond donors (Lipinski definition) is 1. The zero-order chi connectivity index (χ0) is 13.9. The van der Waals surface area contributed by atoms with Crippen LogP contribution < -0.4 is 5.32 Å². The van der Waals surface area contributed by atoms with E-state index in [4.69, 9.17) is 11.6 Å². The minimum Gasteiger partial charge on any atom is -0.316 e. The van der Waals surface area contributed by atoms with Gasteiger partial charge in [-0.2, -0.15) is 0 Å². The summed E-state index contributed by atoms with van der Waals surface area (Å²) in [5, 5.41) is 4.14. The molecule has 2 atom stereocenters. The summed E-state index contributed by atoms with van der Waals surface area (Å²) in [4.78, 5) is 0. The second-order valence-electron chi connectivity index (χ2n) is 5.28. The van der Waals surface area contributed by atoms with E-state index in [-0.39, 0.29) is 17.7 Å². The van der Waals surface area contributed by atoms with Crippen LogP contribution in [-0.4, -0.2) is 13.1 Å². The normalized spacial score (nSPS) is 22.7. The molecule has 1 heterocycles. The molecule has 0 spiro atoms. The fourth-order valence-corrected chi connectivity index (χ4v) is 3.29. The number of nitrogens with one attached hydrogen (secondary N) is 1. The molecular weight excluding hydrogens is 273 g/mol. The van der Waals surface area contributed by atoms with Crippen molar-refractivity contribution >= 4 is 11.6 Å². The average Bonchev–Trinajstić information content (AvgIpc) is 2.48. The second kappa shape index (κ2) is 5.94. The first-order valence-electron chi connectivity index (χ1n) is 6.96. The smallest absolute Gasteiger partial charge is 0.126 e. The lowest BCUT2D eigenvalue weighted by Gasteiger charge is -2.33. The second-order valence-corrected chi connectivity index (χ2v) is 5.72. The third-order valence-electron chi connectivity index (χ3n) is 4.06. The van der Waals surface area contributed by atoms with Gasteiger partial charge in [-0.1, -0.05) is 41.9 Å². The highest BCUT2D eigenvalue weighted by Gasteiger charge is 2.29. The summed E-state index contributed by atoms with van der Waals surface area (Å²) in [6, 6.07) is 15.0. The predicted octanol–water partition coefficient (Wildman–Crippen LogP) is 4.34. The minimum absolute atomic E-state index is 0.105. The van der Waals surface area contributed by atoms with Gasteiger partial charge in [0.25, 0.3) is 0 Å². The summed E-state index contributed by atoms with van der Waals surface area (Å²) in [7, 11) is 0. The fourth-order valence-electron chi connectivity index (χ4n) is 3.09. The van der Waals surface area contributed by atoms with Gasteiger partial charge in [-0.15, -0.1) is 0 Å². The number of benzene rings is 2. The summed E-state index contributed by atoms with van der Waals surface area (Å²) < 4.78 is 14.1. The van der Waals surface area contributed by atoms with Crippen LogP contribution in [0.5, 0.6) is 0 Å². The van der Waals surface area contributed by atoms with E-state index in [1.165, 1.54) is 5.56 Å². The first kappa shape index (κ1) is 13.6. The van der Waals surface area contributed by atoms with Gasteiger partial charge in [-0.3, -0.25) is 0 Å². The molecule has 3 rings (SSSR count). The molecule has 0 amide bonds. The van der Waals surface area contributed by atoms with Gasteiger partial charge in [0.1, 0.15) is 5.82 Å². The van der Waals surface area contributed by atoms with Crippen LogP contribution in [0.1, 0.15) is 29.4 Å². The Morgan fingerprint density at radius 2 is 1.90 bits per heavy atom. The van der Waals surface area contributed by atoms with Gasteiger partial charge in [-0.25, -0.2) is 4.39 Å². The summed E-state index contributed by atoms with van der Waals surface area (Å²) >= 11 is 6.09. The molecule has 2 unspecified atom stereocenters. The standard InChI is InChI=1S/C17H17ClFN/c18-13-5-3-4-12(10-13)16-11-20-9-8-14(16)15-6-1-2-7-17(15)19/h1-7,10,14,16,20H,8-9,11H2. The van der Waals surface area contributed by atoms with Gasteiger partial charge in [0.05, 0.1) is 0 Å². The molecule has 0 bridgehead atoms. The van der Waals surface area contributed by atoms with Crippen LogP contribution in [0.2, 0.25) is 5.02 Å². The molecule has 104 valence electrons. The van der Waals surface area contributed by atoms with Crippen LogP contribution in [0.4, 0.5) is 4.39 Å². The Kier molecular flexibility index (Phi) is 4.04. The number of piperidine rings is 1. The van der Waals surface area contributed by atoms with Crippen molar-refractivity contribution in [1.29, 1.82) is 0 Å². The monoisotopic (exact) mass is 289 g/mol. The highest BCUT2D eigenvalue weighted by molar-refractivity contribution is 6.30. The topological polar surface area (TPSA) is 12.0 Å². The SMILES string of the molecule is Fc1ccccc1C1CCNCC1c1cccc(Cl)c1. The van der Waals surface area contributed by atoms with Crippen LogP contribution >= 0.6 is 11.6 Å². The first-order valence-corrected chi connectivity index (χ1v) is 7.34. The van der Waals surface area contributed by atoms with Crippen LogP contribution in [0.25, 0.3) is 0 Å². The average molecular weight is 290 g/mol. The molecule has 1 fully saturated rings. The van der Waals surface area contributed by atoms with E-state index in [1.807, 2.05) is 30.3 Å². The quantitative estimate of drug-likeness (QED) is 0.867. The molecule has 1 aliphatic rings. The minimum atomic E-state index is -0.105. The van der Waals surface area contributed by atoms with Crippen molar-refractivity contribution in [2.45, 2.75) is 18.3 Å². The van der Waals surface area contributed by atoms with E-state index in [9.17, 15) is 4.39 Å². The number of rotatable bonds is 2. The van der Waals surface area contributed by atoms with Crippen molar-refractivity contribution in [3.8, 4) is 0 Å². The highest BCUT2D eigenvalue weighted by Crippen LogP contribution is 2.38. The molecule has 3 heteroatoms. The van der Waals surface area contributed by atoms with Gasteiger partial charge in [0, 0.05) is 17.5 Å². The lowest BCUT2D eigenvalue weighted by molar-refractivity contribution is 0.393. The Morgan fingerprint density at radius 3 is 2.70 bits per heavy atom. The van der Waals surface area contributed by atoms with E-state index in [2.05, 4.69) is 11.4 Å². The van der Waals surface area contributed by atoms with E-state index in [0.29, 0.717) is 0 Å². The molecular formula is C17H17ClFN. The zero-order valence-electron chi connectivity index (χ0n) is 11.2. The third-order valence-corrected chi connectivity index (χ3v) is 4.30. The van der Waals surface area contributed by atoms with Crippen molar-refractivity contribution in [3.63, 3.8) is 0 Å². The fraction of sp³-hybridized carbons (Fsp3) is 0.294. The predicted molar refractivity (Wildman–Crippen MR) is 80.8 cm³/mol. The molecule has 1 saturated heterocycles. The van der Waals surface area contributed by atoms with Crippen LogP contribution in [0.15, 0.2) is 48.5 Å². The Hall–Kier alpha value is -1.38. The lowest BCUT2D eigenvalue weighted by atomic mass is 9.77. The van der Waals surface area contributed by atoms with E-state index >= 15 is 0 Å². The van der Waals surface area contributed by atoms with Crippen molar-refractivity contribution < 1.29 is 4.39 Å². The molecule has 1 N–H and O–H groups in total. The molecule has 0 radical (unpaired) electrons. The summed E-state index contributed by atoms with van der Waals surface area (Å²) in [6.07, 6.45) is 0.943. The molecule has 0 aliphatic carbocycles.